The fourth-order valence-electron chi connectivity index (χ4n) is 2.59. The van der Waals surface area contributed by atoms with Crippen LogP contribution in [0.1, 0.15) is 11.1 Å². The van der Waals surface area contributed by atoms with Crippen LogP contribution in [-0.4, -0.2) is 33.7 Å². The standard InChI is InChI=1S/C19H21N3O3/c1-22(12-15-5-4-6-17(24-2)19(15)25-3)13-18(23)21-16-9-7-14(11-20)8-10-16/h4-10H,12-13H2,1-3H3,(H,21,23)/p+1. The SMILES string of the molecule is COc1cccc(C[NH+](C)CC(=O)Nc2ccc(C#N)cc2)c1OC. The van der Waals surface area contributed by atoms with E-state index in [-0.39, 0.29) is 5.91 Å². The van der Waals surface area contributed by atoms with Crippen molar-refractivity contribution in [3.63, 3.8) is 0 Å². The first-order valence-corrected chi connectivity index (χ1v) is 7.88. The lowest BCUT2D eigenvalue weighted by Crippen LogP contribution is -3.08. The third-order valence-electron chi connectivity index (χ3n) is 3.74. The smallest absolute Gasteiger partial charge is 0.279 e. The van der Waals surface area contributed by atoms with E-state index < -0.39 is 0 Å². The number of nitriles is 1. The van der Waals surface area contributed by atoms with Gasteiger partial charge in [0.2, 0.25) is 0 Å². The highest BCUT2D eigenvalue weighted by molar-refractivity contribution is 5.91. The Bertz CT molecular complexity index is 766. The van der Waals surface area contributed by atoms with Gasteiger partial charge < -0.3 is 19.7 Å². The second-order valence-corrected chi connectivity index (χ2v) is 5.70. The highest BCUT2D eigenvalue weighted by Crippen LogP contribution is 2.29. The molecule has 6 nitrogen and oxygen atoms in total. The van der Waals surface area contributed by atoms with Crippen LogP contribution in [-0.2, 0) is 11.3 Å². The van der Waals surface area contributed by atoms with Gasteiger partial charge in [0.05, 0.1) is 38.5 Å². The van der Waals surface area contributed by atoms with E-state index in [0.717, 1.165) is 10.5 Å². The highest BCUT2D eigenvalue weighted by Gasteiger charge is 2.16. The summed E-state index contributed by atoms with van der Waals surface area (Å²) in [4.78, 5) is 13.2. The second kappa shape index (κ2) is 8.71. The summed E-state index contributed by atoms with van der Waals surface area (Å²) in [5.74, 6) is 1.27. The number of carbonyl (C=O) groups is 1. The molecule has 0 fully saturated rings. The molecule has 0 saturated carbocycles. The number of quaternary nitrogens is 1. The zero-order valence-corrected chi connectivity index (χ0v) is 14.6. The van der Waals surface area contributed by atoms with Gasteiger partial charge in [-0.1, -0.05) is 6.07 Å². The van der Waals surface area contributed by atoms with Crippen molar-refractivity contribution in [2.24, 2.45) is 0 Å². The Kier molecular flexibility index (Phi) is 6.38. The molecule has 0 aliphatic heterocycles. The zero-order valence-electron chi connectivity index (χ0n) is 14.6. The van der Waals surface area contributed by atoms with E-state index in [1.807, 2.05) is 31.3 Å². The molecule has 1 unspecified atom stereocenters. The maximum absolute atomic E-state index is 12.2. The van der Waals surface area contributed by atoms with E-state index in [9.17, 15) is 4.79 Å². The Balaban J connectivity index is 1.96. The number of amides is 1. The second-order valence-electron chi connectivity index (χ2n) is 5.70. The first kappa shape index (κ1) is 18.3. The minimum atomic E-state index is -0.0935. The van der Waals surface area contributed by atoms with Crippen LogP contribution in [0.4, 0.5) is 5.69 Å². The molecule has 2 rings (SSSR count). The number of hydrogen-bond donors (Lipinski definition) is 2. The molecule has 0 aliphatic carbocycles. The largest absolute Gasteiger partial charge is 0.493 e. The van der Waals surface area contributed by atoms with Crippen molar-refractivity contribution in [2.45, 2.75) is 6.54 Å². The molecule has 2 aromatic rings. The first-order chi connectivity index (χ1) is 12.1. The summed E-state index contributed by atoms with van der Waals surface area (Å²) in [6.45, 7) is 0.932. The Labute approximate surface area is 147 Å². The van der Waals surface area contributed by atoms with Crippen molar-refractivity contribution in [2.75, 3.05) is 33.1 Å². The quantitative estimate of drug-likeness (QED) is 0.795. The molecule has 1 amide bonds. The van der Waals surface area contributed by atoms with E-state index >= 15 is 0 Å². The Morgan fingerprint density at radius 2 is 1.88 bits per heavy atom. The summed E-state index contributed by atoms with van der Waals surface area (Å²) in [6.07, 6.45) is 0. The van der Waals surface area contributed by atoms with Crippen molar-refractivity contribution in [3.05, 3.63) is 53.6 Å². The molecule has 0 aliphatic rings. The summed E-state index contributed by atoms with van der Waals surface area (Å²) < 4.78 is 10.7. The lowest BCUT2D eigenvalue weighted by molar-refractivity contribution is -0.885. The number of methoxy groups -OCH3 is 2. The van der Waals surface area contributed by atoms with E-state index in [2.05, 4.69) is 5.32 Å². The lowest BCUT2D eigenvalue weighted by atomic mass is 10.1. The average molecular weight is 340 g/mol. The number of nitrogens with zero attached hydrogens (tertiary/aromatic N) is 1. The van der Waals surface area contributed by atoms with E-state index in [1.54, 1.807) is 38.5 Å². The van der Waals surface area contributed by atoms with Crippen LogP contribution in [0.25, 0.3) is 0 Å². The predicted molar refractivity (Wildman–Crippen MR) is 94.8 cm³/mol. The van der Waals surface area contributed by atoms with Gasteiger partial charge in [0.25, 0.3) is 5.91 Å². The monoisotopic (exact) mass is 340 g/mol. The average Bonchev–Trinajstić information content (AvgIpc) is 2.61. The molecule has 2 N–H and O–H groups in total. The Morgan fingerprint density at radius 1 is 1.16 bits per heavy atom. The number of ether oxygens (including phenoxy) is 2. The molecular weight excluding hydrogens is 318 g/mol. The normalized spacial score (nSPS) is 11.3. The van der Waals surface area contributed by atoms with Gasteiger partial charge in [0, 0.05) is 5.69 Å². The molecule has 0 heterocycles. The molecule has 0 radical (unpaired) electrons. The predicted octanol–water partition coefficient (Wildman–Crippen LogP) is 1.23. The molecule has 25 heavy (non-hydrogen) atoms. The molecule has 130 valence electrons. The number of para-hydroxylation sites is 1. The molecule has 6 heteroatoms. The van der Waals surface area contributed by atoms with Gasteiger partial charge in [-0.3, -0.25) is 4.79 Å². The Morgan fingerprint density at radius 3 is 2.48 bits per heavy atom. The maximum Gasteiger partial charge on any atom is 0.279 e. The topological polar surface area (TPSA) is 75.8 Å². The van der Waals surface area contributed by atoms with Gasteiger partial charge in [-0.25, -0.2) is 0 Å². The van der Waals surface area contributed by atoms with Crippen LogP contribution in [0.3, 0.4) is 0 Å². The number of likely N-dealkylation sites (N-methyl/N-ethyl adjacent to an activating group) is 1. The summed E-state index contributed by atoms with van der Waals surface area (Å²) >= 11 is 0. The third-order valence-corrected chi connectivity index (χ3v) is 3.74. The van der Waals surface area contributed by atoms with Crippen molar-refractivity contribution >= 4 is 11.6 Å². The fraction of sp³-hybridized carbons (Fsp3) is 0.263. The van der Waals surface area contributed by atoms with Crippen LogP contribution in [0, 0.1) is 11.3 Å². The molecule has 1 atom stereocenters. The number of anilines is 1. The third kappa shape index (κ3) is 4.96. The van der Waals surface area contributed by atoms with E-state index in [0.29, 0.717) is 35.8 Å². The molecular formula is C19H22N3O3+. The summed E-state index contributed by atoms with van der Waals surface area (Å²) in [7, 11) is 5.15. The van der Waals surface area contributed by atoms with Gasteiger partial charge in [-0.2, -0.15) is 5.26 Å². The first-order valence-electron chi connectivity index (χ1n) is 7.88. The number of nitrogens with one attached hydrogen (secondary N) is 2. The number of carbonyl (C=O) groups excluding carboxylic acids is 1. The van der Waals surface area contributed by atoms with Crippen molar-refractivity contribution in [3.8, 4) is 17.6 Å². The zero-order chi connectivity index (χ0) is 18.2. The van der Waals surface area contributed by atoms with Gasteiger partial charge >= 0.3 is 0 Å². The van der Waals surface area contributed by atoms with Crippen LogP contribution >= 0.6 is 0 Å². The minimum Gasteiger partial charge on any atom is -0.493 e. The molecule has 2 aromatic carbocycles. The maximum atomic E-state index is 12.2. The number of hydrogen-bond acceptors (Lipinski definition) is 4. The van der Waals surface area contributed by atoms with Crippen LogP contribution in [0.5, 0.6) is 11.5 Å². The summed E-state index contributed by atoms with van der Waals surface area (Å²) in [6, 6.07) is 14.5. The van der Waals surface area contributed by atoms with Crippen LogP contribution < -0.4 is 19.7 Å². The molecule has 0 bridgehead atoms. The molecule has 0 saturated heterocycles. The van der Waals surface area contributed by atoms with Gasteiger partial charge in [-0.05, 0) is 36.4 Å². The van der Waals surface area contributed by atoms with Crippen LogP contribution in [0.15, 0.2) is 42.5 Å². The fourth-order valence-corrected chi connectivity index (χ4v) is 2.59. The number of rotatable bonds is 7. The van der Waals surface area contributed by atoms with Crippen molar-refractivity contribution in [1.82, 2.24) is 0 Å². The molecule has 0 aromatic heterocycles. The van der Waals surface area contributed by atoms with Gasteiger partial charge in [0.15, 0.2) is 18.0 Å². The van der Waals surface area contributed by atoms with E-state index in [1.165, 1.54) is 0 Å². The lowest BCUT2D eigenvalue weighted by Gasteiger charge is -2.17. The van der Waals surface area contributed by atoms with Crippen molar-refractivity contribution in [1.29, 1.82) is 5.26 Å². The summed E-state index contributed by atoms with van der Waals surface area (Å²) in [5, 5.41) is 11.6. The molecule has 0 spiro atoms. The van der Waals surface area contributed by atoms with Gasteiger partial charge in [0.1, 0.15) is 6.54 Å². The minimum absolute atomic E-state index is 0.0935. The van der Waals surface area contributed by atoms with Crippen molar-refractivity contribution < 1.29 is 19.2 Å². The van der Waals surface area contributed by atoms with Crippen LogP contribution in [0.2, 0.25) is 0 Å². The van der Waals surface area contributed by atoms with E-state index in [4.69, 9.17) is 14.7 Å². The number of benzene rings is 2. The highest BCUT2D eigenvalue weighted by atomic mass is 16.5. The summed E-state index contributed by atoms with van der Waals surface area (Å²) in [5.41, 5.74) is 2.21. The Hall–Kier alpha value is -3.04. The van der Waals surface area contributed by atoms with Gasteiger partial charge in [-0.15, -0.1) is 0 Å².